The van der Waals surface area contributed by atoms with Gasteiger partial charge in [0, 0.05) is 29.0 Å². The van der Waals surface area contributed by atoms with Crippen molar-refractivity contribution in [3.05, 3.63) is 45.1 Å². The van der Waals surface area contributed by atoms with Crippen LogP contribution in [0.1, 0.15) is 16.2 Å². The molecule has 17 heavy (non-hydrogen) atoms. The zero-order valence-electron chi connectivity index (χ0n) is 8.89. The second-order valence-electron chi connectivity index (χ2n) is 3.35. The summed E-state index contributed by atoms with van der Waals surface area (Å²) in [7, 11) is 0. The van der Waals surface area contributed by atoms with Crippen LogP contribution in [0, 0.1) is 0 Å². The maximum absolute atomic E-state index is 11.7. The fourth-order valence-corrected chi connectivity index (χ4v) is 2.09. The molecule has 2 heterocycles. The number of carbonyl (C=O) groups excluding carboxylic acids is 1. The molecule has 88 valence electrons. The number of hydrogen-bond acceptors (Lipinski definition) is 4. The number of thiazole rings is 1. The molecule has 0 spiro atoms. The van der Waals surface area contributed by atoms with Gasteiger partial charge in [-0.05, 0) is 28.1 Å². The van der Waals surface area contributed by atoms with E-state index in [9.17, 15) is 4.79 Å². The maximum atomic E-state index is 11.7. The first-order chi connectivity index (χ1) is 8.25. The first kappa shape index (κ1) is 12.2. The number of nitrogens with zero attached hydrogens (tertiary/aromatic N) is 2. The summed E-state index contributed by atoms with van der Waals surface area (Å²) >= 11 is 4.83. The van der Waals surface area contributed by atoms with E-state index in [2.05, 4.69) is 31.2 Å². The molecule has 0 unspecified atom stereocenters. The summed E-state index contributed by atoms with van der Waals surface area (Å²) in [5, 5.41) is 4.78. The SMILES string of the molecule is O=C(NCCc1cscn1)c1ccc(Br)cn1. The molecule has 2 rings (SSSR count). The quantitative estimate of drug-likeness (QED) is 0.942. The molecule has 0 aliphatic rings. The third-order valence-electron chi connectivity index (χ3n) is 2.11. The van der Waals surface area contributed by atoms with E-state index in [0.717, 1.165) is 16.6 Å². The number of pyridine rings is 1. The zero-order chi connectivity index (χ0) is 12.1. The molecular weight excluding hydrogens is 302 g/mol. The topological polar surface area (TPSA) is 54.9 Å². The van der Waals surface area contributed by atoms with E-state index in [1.54, 1.807) is 35.2 Å². The average Bonchev–Trinajstić information content (AvgIpc) is 2.83. The first-order valence-electron chi connectivity index (χ1n) is 5.02. The Hall–Kier alpha value is -1.27. The van der Waals surface area contributed by atoms with Gasteiger partial charge < -0.3 is 5.32 Å². The Bertz CT molecular complexity index is 484. The van der Waals surface area contributed by atoms with Crippen LogP contribution in [0.2, 0.25) is 0 Å². The van der Waals surface area contributed by atoms with Gasteiger partial charge in [-0.2, -0.15) is 0 Å². The lowest BCUT2D eigenvalue weighted by atomic mass is 10.3. The van der Waals surface area contributed by atoms with Crippen molar-refractivity contribution < 1.29 is 4.79 Å². The number of amides is 1. The van der Waals surface area contributed by atoms with E-state index in [4.69, 9.17) is 0 Å². The van der Waals surface area contributed by atoms with Crippen molar-refractivity contribution in [2.75, 3.05) is 6.54 Å². The molecule has 0 aliphatic carbocycles. The Balaban J connectivity index is 1.83. The molecule has 0 saturated heterocycles. The molecule has 0 saturated carbocycles. The fourth-order valence-electron chi connectivity index (χ4n) is 1.27. The molecule has 0 bridgehead atoms. The molecule has 4 nitrogen and oxygen atoms in total. The van der Waals surface area contributed by atoms with Crippen LogP contribution in [0.25, 0.3) is 0 Å². The molecule has 0 fully saturated rings. The number of aromatic nitrogens is 2. The third-order valence-corrected chi connectivity index (χ3v) is 3.21. The largest absolute Gasteiger partial charge is 0.350 e. The minimum atomic E-state index is -0.160. The van der Waals surface area contributed by atoms with Crippen molar-refractivity contribution in [2.24, 2.45) is 0 Å². The van der Waals surface area contributed by atoms with Crippen molar-refractivity contribution in [1.29, 1.82) is 0 Å². The van der Waals surface area contributed by atoms with Crippen molar-refractivity contribution in [3.8, 4) is 0 Å². The van der Waals surface area contributed by atoms with Gasteiger partial charge in [0.25, 0.3) is 5.91 Å². The number of hydrogen-bond donors (Lipinski definition) is 1. The summed E-state index contributed by atoms with van der Waals surface area (Å²) in [6, 6.07) is 3.48. The van der Waals surface area contributed by atoms with E-state index in [-0.39, 0.29) is 5.91 Å². The minimum absolute atomic E-state index is 0.160. The van der Waals surface area contributed by atoms with Gasteiger partial charge in [0.15, 0.2) is 0 Å². The lowest BCUT2D eigenvalue weighted by Gasteiger charge is -2.03. The van der Waals surface area contributed by atoms with E-state index < -0.39 is 0 Å². The third kappa shape index (κ3) is 3.61. The predicted molar refractivity (Wildman–Crippen MR) is 70.1 cm³/mol. The van der Waals surface area contributed by atoms with Crippen molar-refractivity contribution in [2.45, 2.75) is 6.42 Å². The van der Waals surface area contributed by atoms with Crippen LogP contribution in [0.4, 0.5) is 0 Å². The Morgan fingerprint density at radius 2 is 2.29 bits per heavy atom. The van der Waals surface area contributed by atoms with Gasteiger partial charge in [-0.25, -0.2) is 9.97 Å². The lowest BCUT2D eigenvalue weighted by molar-refractivity contribution is 0.0949. The molecule has 0 aromatic carbocycles. The molecule has 0 atom stereocenters. The molecule has 2 aromatic heterocycles. The zero-order valence-corrected chi connectivity index (χ0v) is 11.3. The van der Waals surface area contributed by atoms with E-state index >= 15 is 0 Å². The van der Waals surface area contributed by atoms with Crippen molar-refractivity contribution in [3.63, 3.8) is 0 Å². The fraction of sp³-hybridized carbons (Fsp3) is 0.182. The molecule has 6 heteroatoms. The van der Waals surface area contributed by atoms with Crippen molar-refractivity contribution >= 4 is 33.2 Å². The van der Waals surface area contributed by atoms with Crippen LogP contribution >= 0.6 is 27.3 Å². The Labute approximate surface area is 111 Å². The molecule has 0 radical (unpaired) electrons. The average molecular weight is 312 g/mol. The monoisotopic (exact) mass is 311 g/mol. The summed E-state index contributed by atoms with van der Waals surface area (Å²) in [5.41, 5.74) is 3.21. The first-order valence-corrected chi connectivity index (χ1v) is 6.76. The Morgan fingerprint density at radius 1 is 1.41 bits per heavy atom. The van der Waals surface area contributed by atoms with Gasteiger partial charge in [-0.15, -0.1) is 11.3 Å². The molecule has 1 N–H and O–H groups in total. The summed E-state index contributed by atoms with van der Waals surface area (Å²) in [6.07, 6.45) is 2.35. The summed E-state index contributed by atoms with van der Waals surface area (Å²) in [5.74, 6) is -0.160. The van der Waals surface area contributed by atoms with E-state index in [1.165, 1.54) is 0 Å². The van der Waals surface area contributed by atoms with Crippen LogP contribution in [0.3, 0.4) is 0 Å². The Morgan fingerprint density at radius 3 is 2.94 bits per heavy atom. The smallest absolute Gasteiger partial charge is 0.269 e. The van der Waals surface area contributed by atoms with Gasteiger partial charge in [0.2, 0.25) is 0 Å². The molecular formula is C11H10BrN3OS. The minimum Gasteiger partial charge on any atom is -0.350 e. The Kier molecular flexibility index (Phi) is 4.22. The van der Waals surface area contributed by atoms with Crippen LogP contribution in [-0.4, -0.2) is 22.4 Å². The molecule has 2 aromatic rings. The van der Waals surface area contributed by atoms with Crippen LogP contribution in [-0.2, 0) is 6.42 Å². The summed E-state index contributed by atoms with van der Waals surface area (Å²) in [4.78, 5) is 19.8. The van der Waals surface area contributed by atoms with Crippen LogP contribution < -0.4 is 5.32 Å². The number of rotatable bonds is 4. The standard InChI is InChI=1S/C11H10BrN3OS/c12-8-1-2-10(14-5-8)11(16)13-4-3-9-6-17-7-15-9/h1-2,5-7H,3-4H2,(H,13,16). The van der Waals surface area contributed by atoms with Crippen LogP contribution in [0.5, 0.6) is 0 Å². The predicted octanol–water partition coefficient (Wildman–Crippen LogP) is 2.27. The van der Waals surface area contributed by atoms with Gasteiger partial charge in [0.1, 0.15) is 5.69 Å². The molecule has 0 aliphatic heterocycles. The van der Waals surface area contributed by atoms with E-state index in [0.29, 0.717) is 12.2 Å². The molecule has 1 amide bonds. The highest BCUT2D eigenvalue weighted by Gasteiger charge is 2.06. The summed E-state index contributed by atoms with van der Waals surface area (Å²) in [6.45, 7) is 0.570. The van der Waals surface area contributed by atoms with Crippen LogP contribution in [0.15, 0.2) is 33.7 Å². The number of nitrogens with one attached hydrogen (secondary N) is 1. The van der Waals surface area contributed by atoms with Gasteiger partial charge in [-0.1, -0.05) is 0 Å². The van der Waals surface area contributed by atoms with E-state index in [1.807, 2.05) is 5.38 Å². The lowest BCUT2D eigenvalue weighted by Crippen LogP contribution is -2.26. The van der Waals surface area contributed by atoms with Crippen molar-refractivity contribution in [1.82, 2.24) is 15.3 Å². The summed E-state index contributed by atoms with van der Waals surface area (Å²) < 4.78 is 0.858. The van der Waals surface area contributed by atoms with Gasteiger partial charge in [0.05, 0.1) is 11.2 Å². The van der Waals surface area contributed by atoms with Gasteiger partial charge in [-0.3, -0.25) is 4.79 Å². The highest BCUT2D eigenvalue weighted by molar-refractivity contribution is 9.10. The number of carbonyl (C=O) groups is 1. The maximum Gasteiger partial charge on any atom is 0.269 e. The second kappa shape index (κ2) is 5.88. The van der Waals surface area contributed by atoms with Gasteiger partial charge >= 0.3 is 0 Å². The highest BCUT2D eigenvalue weighted by atomic mass is 79.9. The highest BCUT2D eigenvalue weighted by Crippen LogP contribution is 2.07. The normalized spacial score (nSPS) is 10.2. The number of halogens is 1. The second-order valence-corrected chi connectivity index (χ2v) is 4.98.